The summed E-state index contributed by atoms with van der Waals surface area (Å²) >= 11 is 0. The predicted molar refractivity (Wildman–Crippen MR) is 126 cm³/mol. The Balaban J connectivity index is 0.00000450. The number of hydrogen-bond acceptors (Lipinski definition) is 5. The van der Waals surface area contributed by atoms with Gasteiger partial charge < -0.3 is 24.8 Å². The van der Waals surface area contributed by atoms with Gasteiger partial charge in [0.15, 0.2) is 5.96 Å². The fourth-order valence-corrected chi connectivity index (χ4v) is 2.35. The molecule has 1 aromatic heterocycles. The lowest BCUT2D eigenvalue weighted by Gasteiger charge is -2.11. The molecule has 0 fully saturated rings. The van der Waals surface area contributed by atoms with E-state index in [1.165, 1.54) is 12.1 Å². The first-order valence-corrected chi connectivity index (χ1v) is 9.68. The predicted octanol–water partition coefficient (Wildman–Crippen LogP) is 3.74. The molecule has 2 N–H and O–H groups in total. The molecule has 0 amide bonds. The molecule has 0 atom stereocenters. The highest BCUT2D eigenvalue weighted by molar-refractivity contribution is 14.0. The van der Waals surface area contributed by atoms with Gasteiger partial charge in [0.25, 0.3) is 0 Å². The number of aromatic nitrogens is 1. The molecule has 2 aromatic rings. The molecular weight excluding hydrogens is 502 g/mol. The van der Waals surface area contributed by atoms with Gasteiger partial charge in [-0.15, -0.1) is 24.0 Å². The zero-order valence-corrected chi connectivity index (χ0v) is 19.7. The van der Waals surface area contributed by atoms with Gasteiger partial charge in [0, 0.05) is 45.1 Å². The van der Waals surface area contributed by atoms with E-state index in [0.29, 0.717) is 38.0 Å². The molecule has 0 radical (unpaired) electrons. The number of halogens is 2. The van der Waals surface area contributed by atoms with E-state index < -0.39 is 0 Å². The number of rotatable bonds is 12. The Morgan fingerprint density at radius 2 is 2.00 bits per heavy atom. The van der Waals surface area contributed by atoms with Crippen molar-refractivity contribution in [2.45, 2.75) is 19.9 Å². The molecule has 0 saturated carbocycles. The van der Waals surface area contributed by atoms with E-state index in [-0.39, 0.29) is 29.8 Å². The SMILES string of the molecule is CCNC(=NCc1ccc(Oc2cccc(F)c2)nc1)NCCCOCCOC.I. The van der Waals surface area contributed by atoms with Crippen molar-refractivity contribution in [1.82, 2.24) is 15.6 Å². The van der Waals surface area contributed by atoms with Gasteiger partial charge in [0.05, 0.1) is 19.8 Å². The minimum absolute atomic E-state index is 0. The molecule has 0 spiro atoms. The molecule has 1 aromatic carbocycles. The Bertz CT molecular complexity index is 747. The van der Waals surface area contributed by atoms with Crippen LogP contribution in [0.5, 0.6) is 11.6 Å². The third kappa shape index (κ3) is 10.7. The van der Waals surface area contributed by atoms with Gasteiger partial charge in [-0.25, -0.2) is 14.4 Å². The van der Waals surface area contributed by atoms with E-state index in [2.05, 4.69) is 20.6 Å². The van der Waals surface area contributed by atoms with E-state index in [9.17, 15) is 4.39 Å². The van der Waals surface area contributed by atoms with Crippen molar-refractivity contribution in [2.75, 3.05) is 40.0 Å². The number of aliphatic imine (C=N–C) groups is 1. The van der Waals surface area contributed by atoms with Gasteiger partial charge >= 0.3 is 0 Å². The third-order valence-electron chi connectivity index (χ3n) is 3.77. The van der Waals surface area contributed by atoms with E-state index in [4.69, 9.17) is 14.2 Å². The highest BCUT2D eigenvalue weighted by atomic mass is 127. The van der Waals surface area contributed by atoms with Gasteiger partial charge in [-0.1, -0.05) is 12.1 Å². The topological polar surface area (TPSA) is 77.0 Å². The first kappa shape index (κ1) is 26.1. The van der Waals surface area contributed by atoms with Crippen LogP contribution >= 0.6 is 24.0 Å². The van der Waals surface area contributed by atoms with Crippen molar-refractivity contribution in [3.63, 3.8) is 0 Å². The molecule has 0 aliphatic heterocycles. The van der Waals surface area contributed by atoms with Crippen molar-refractivity contribution >= 4 is 29.9 Å². The lowest BCUT2D eigenvalue weighted by Crippen LogP contribution is -2.38. The van der Waals surface area contributed by atoms with Gasteiger partial charge in [0.1, 0.15) is 11.6 Å². The summed E-state index contributed by atoms with van der Waals surface area (Å²) in [6.07, 6.45) is 2.58. The molecule has 0 unspecified atom stereocenters. The third-order valence-corrected chi connectivity index (χ3v) is 3.77. The molecular formula is C21H30FIN4O3. The molecule has 30 heavy (non-hydrogen) atoms. The maximum Gasteiger partial charge on any atom is 0.219 e. The molecule has 0 aliphatic rings. The zero-order valence-electron chi connectivity index (χ0n) is 17.4. The maximum absolute atomic E-state index is 13.2. The summed E-state index contributed by atoms with van der Waals surface area (Å²) in [5.41, 5.74) is 0.941. The quantitative estimate of drug-likeness (QED) is 0.188. The Kier molecular flexibility index (Phi) is 13.7. The second-order valence-electron chi connectivity index (χ2n) is 6.14. The Hall–Kier alpha value is -1.98. The monoisotopic (exact) mass is 532 g/mol. The molecule has 166 valence electrons. The van der Waals surface area contributed by atoms with Crippen molar-refractivity contribution in [3.8, 4) is 11.6 Å². The van der Waals surface area contributed by atoms with Gasteiger partial charge in [0.2, 0.25) is 5.88 Å². The van der Waals surface area contributed by atoms with Crippen LogP contribution in [-0.4, -0.2) is 51.0 Å². The number of pyridine rings is 1. The molecule has 0 bridgehead atoms. The molecule has 2 rings (SSSR count). The molecule has 0 saturated heterocycles. The average Bonchev–Trinajstić information content (AvgIpc) is 2.72. The lowest BCUT2D eigenvalue weighted by molar-refractivity contribution is 0.0698. The zero-order chi connectivity index (χ0) is 20.7. The van der Waals surface area contributed by atoms with Gasteiger partial charge in [-0.3, -0.25) is 0 Å². The number of hydrogen-bond donors (Lipinski definition) is 2. The second kappa shape index (κ2) is 15.8. The van der Waals surface area contributed by atoms with Crippen molar-refractivity contribution in [2.24, 2.45) is 4.99 Å². The van der Waals surface area contributed by atoms with Crippen LogP contribution in [-0.2, 0) is 16.0 Å². The van der Waals surface area contributed by atoms with Crippen LogP contribution < -0.4 is 15.4 Å². The first-order chi connectivity index (χ1) is 14.2. The Labute approximate surface area is 194 Å². The van der Waals surface area contributed by atoms with E-state index in [1.807, 2.05) is 13.0 Å². The van der Waals surface area contributed by atoms with Crippen LogP contribution in [0, 0.1) is 5.82 Å². The number of methoxy groups -OCH3 is 1. The van der Waals surface area contributed by atoms with Crippen molar-refractivity contribution in [3.05, 3.63) is 54.0 Å². The summed E-state index contributed by atoms with van der Waals surface area (Å²) in [6, 6.07) is 9.59. The second-order valence-corrected chi connectivity index (χ2v) is 6.14. The number of nitrogens with one attached hydrogen (secondary N) is 2. The minimum Gasteiger partial charge on any atom is -0.439 e. The lowest BCUT2D eigenvalue weighted by atomic mass is 10.3. The van der Waals surface area contributed by atoms with Crippen LogP contribution in [0.1, 0.15) is 18.9 Å². The maximum atomic E-state index is 13.2. The summed E-state index contributed by atoms with van der Waals surface area (Å²) in [5.74, 6) is 1.21. The number of guanidine groups is 1. The fraction of sp³-hybridized carbons (Fsp3) is 0.429. The van der Waals surface area contributed by atoms with Crippen molar-refractivity contribution < 1.29 is 18.6 Å². The van der Waals surface area contributed by atoms with E-state index >= 15 is 0 Å². The van der Waals surface area contributed by atoms with E-state index in [1.54, 1.807) is 31.5 Å². The fourth-order valence-electron chi connectivity index (χ4n) is 2.35. The summed E-state index contributed by atoms with van der Waals surface area (Å²) in [5, 5.41) is 6.49. The minimum atomic E-state index is -0.349. The summed E-state index contributed by atoms with van der Waals surface area (Å²) in [6.45, 7) is 5.92. The number of benzene rings is 1. The number of nitrogens with zero attached hydrogens (tertiary/aromatic N) is 2. The largest absolute Gasteiger partial charge is 0.439 e. The molecule has 9 heteroatoms. The van der Waals surface area contributed by atoms with Crippen LogP contribution in [0.25, 0.3) is 0 Å². The van der Waals surface area contributed by atoms with Crippen LogP contribution in [0.2, 0.25) is 0 Å². The summed E-state index contributed by atoms with van der Waals surface area (Å²) < 4.78 is 29.1. The van der Waals surface area contributed by atoms with Gasteiger partial charge in [-0.05, 0) is 31.0 Å². The van der Waals surface area contributed by atoms with Crippen molar-refractivity contribution in [1.29, 1.82) is 0 Å². The smallest absolute Gasteiger partial charge is 0.219 e. The summed E-state index contributed by atoms with van der Waals surface area (Å²) in [7, 11) is 1.66. The molecule has 0 aliphatic carbocycles. The normalized spacial score (nSPS) is 11.0. The average molecular weight is 532 g/mol. The standard InChI is InChI=1S/C21H29FN4O3.HI/c1-3-23-21(24-10-5-11-28-13-12-27-2)26-16-17-8-9-20(25-15-17)29-19-7-4-6-18(22)14-19;/h4,6-9,14-15H,3,5,10-13,16H2,1-2H3,(H2,23,24,26);1H. The first-order valence-electron chi connectivity index (χ1n) is 9.68. The van der Waals surface area contributed by atoms with Crippen LogP contribution in [0.4, 0.5) is 4.39 Å². The van der Waals surface area contributed by atoms with E-state index in [0.717, 1.165) is 31.0 Å². The summed E-state index contributed by atoms with van der Waals surface area (Å²) in [4.78, 5) is 8.82. The molecule has 7 nitrogen and oxygen atoms in total. The highest BCUT2D eigenvalue weighted by Crippen LogP contribution is 2.20. The molecule has 1 heterocycles. The highest BCUT2D eigenvalue weighted by Gasteiger charge is 2.02. The number of ether oxygens (including phenoxy) is 3. The van der Waals surface area contributed by atoms with Crippen LogP contribution in [0.3, 0.4) is 0 Å². The van der Waals surface area contributed by atoms with Crippen LogP contribution in [0.15, 0.2) is 47.6 Å². The van der Waals surface area contributed by atoms with Gasteiger partial charge in [-0.2, -0.15) is 0 Å². The Morgan fingerprint density at radius 1 is 1.13 bits per heavy atom. The Morgan fingerprint density at radius 3 is 2.70 bits per heavy atom.